The van der Waals surface area contributed by atoms with E-state index in [0.717, 1.165) is 37.2 Å². The van der Waals surface area contributed by atoms with Crippen LogP contribution in [0.4, 0.5) is 0 Å². The van der Waals surface area contributed by atoms with Crippen molar-refractivity contribution in [1.29, 1.82) is 0 Å². The fraction of sp³-hybridized carbons (Fsp3) is 0.462. The van der Waals surface area contributed by atoms with E-state index in [0.29, 0.717) is 6.42 Å². The van der Waals surface area contributed by atoms with Crippen LogP contribution in [0.3, 0.4) is 0 Å². The lowest BCUT2D eigenvalue weighted by molar-refractivity contribution is -0.121. The first-order valence-corrected chi connectivity index (χ1v) is 5.83. The van der Waals surface area contributed by atoms with E-state index in [2.05, 4.69) is 17.4 Å². The number of hydrogen-bond donors (Lipinski definition) is 1. The van der Waals surface area contributed by atoms with Crippen molar-refractivity contribution in [2.45, 2.75) is 19.3 Å². The molecule has 0 aliphatic carbocycles. The number of fused-ring (bicyclic) bond motifs is 2. The van der Waals surface area contributed by atoms with E-state index in [1.165, 1.54) is 11.1 Å². The number of carbonyl (C=O) groups excluding carboxylic acids is 1. The Labute approximate surface area is 107 Å². The molecular weight excluding hydrogens is 238 g/mol. The van der Waals surface area contributed by atoms with E-state index in [1.54, 1.807) is 0 Å². The highest BCUT2D eigenvalue weighted by Crippen LogP contribution is 2.28. The number of carbonyl (C=O) groups is 1. The molecule has 92 valence electrons. The minimum Gasteiger partial charge on any atom is -0.486 e. The highest BCUT2D eigenvalue weighted by Gasteiger charge is 2.19. The molecule has 0 saturated carbocycles. The summed E-state index contributed by atoms with van der Waals surface area (Å²) in [6.07, 6.45) is 2.65. The molecule has 0 unspecified atom stereocenters. The fourth-order valence-corrected chi connectivity index (χ4v) is 2.45. The zero-order chi connectivity index (χ0) is 11.0. The molecule has 1 aromatic rings. The van der Waals surface area contributed by atoms with Crippen LogP contribution in [0, 0.1) is 0 Å². The summed E-state index contributed by atoms with van der Waals surface area (Å²) in [5.41, 5.74) is 3.82. The van der Waals surface area contributed by atoms with Gasteiger partial charge in [0.25, 0.3) is 0 Å². The molecule has 17 heavy (non-hydrogen) atoms. The molecule has 2 aliphatic rings. The number of hydrogen-bond acceptors (Lipinski definition) is 3. The summed E-state index contributed by atoms with van der Waals surface area (Å²) in [6, 6.07) is 4.29. The van der Waals surface area contributed by atoms with E-state index in [9.17, 15) is 4.79 Å². The Kier molecular flexibility index (Phi) is 3.69. The Balaban J connectivity index is 0.00000108. The van der Waals surface area contributed by atoms with Crippen LogP contribution < -0.4 is 10.1 Å². The molecule has 3 nitrogen and oxygen atoms in total. The largest absolute Gasteiger partial charge is 0.486 e. The van der Waals surface area contributed by atoms with Gasteiger partial charge in [0, 0.05) is 12.0 Å². The van der Waals surface area contributed by atoms with Crippen LogP contribution in [0.1, 0.15) is 16.7 Å². The molecule has 0 bridgehead atoms. The lowest BCUT2D eigenvalue weighted by Crippen LogP contribution is -2.20. The predicted octanol–water partition coefficient (Wildman–Crippen LogP) is 1.30. The van der Waals surface area contributed by atoms with Crippen molar-refractivity contribution in [2.75, 3.05) is 19.7 Å². The van der Waals surface area contributed by atoms with E-state index in [-0.39, 0.29) is 24.8 Å². The third-order valence-corrected chi connectivity index (χ3v) is 3.30. The molecule has 0 aromatic heterocycles. The first kappa shape index (κ1) is 12.4. The van der Waals surface area contributed by atoms with Crippen LogP contribution in [0.5, 0.6) is 5.75 Å². The summed E-state index contributed by atoms with van der Waals surface area (Å²) in [5.74, 6) is 1.10. The zero-order valence-corrected chi connectivity index (χ0v) is 10.4. The van der Waals surface area contributed by atoms with Crippen LogP contribution in [-0.4, -0.2) is 25.5 Å². The van der Waals surface area contributed by atoms with Gasteiger partial charge in [-0.05, 0) is 43.1 Å². The standard InChI is InChI=1S/C13H15NO2.ClH/c15-12-6-11-5-9-1-3-14-4-2-10(9)7-13(11)16-8-12;/h5,7,14H,1-4,6,8H2;1H. The number of nitrogens with one attached hydrogen (secondary N) is 1. The Morgan fingerprint density at radius 1 is 1.06 bits per heavy atom. The molecule has 0 spiro atoms. The lowest BCUT2D eigenvalue weighted by Gasteiger charge is -2.19. The molecule has 0 amide bonds. The van der Waals surface area contributed by atoms with Crippen molar-refractivity contribution in [3.63, 3.8) is 0 Å². The SMILES string of the molecule is Cl.O=C1COc2cc3c(cc2C1)CCNCC3. The van der Waals surface area contributed by atoms with Gasteiger partial charge in [0.15, 0.2) is 5.78 Å². The van der Waals surface area contributed by atoms with Crippen molar-refractivity contribution < 1.29 is 9.53 Å². The molecule has 0 fully saturated rings. The molecule has 2 heterocycles. The number of ether oxygens (including phenoxy) is 1. The van der Waals surface area contributed by atoms with E-state index in [4.69, 9.17) is 4.74 Å². The topological polar surface area (TPSA) is 38.3 Å². The maximum Gasteiger partial charge on any atom is 0.174 e. The highest BCUT2D eigenvalue weighted by atomic mass is 35.5. The third-order valence-electron chi connectivity index (χ3n) is 3.30. The molecule has 0 saturated heterocycles. The van der Waals surface area contributed by atoms with Gasteiger partial charge in [0.2, 0.25) is 0 Å². The van der Waals surface area contributed by atoms with Crippen LogP contribution in [-0.2, 0) is 24.1 Å². The Hall–Kier alpha value is -1.06. The van der Waals surface area contributed by atoms with Gasteiger partial charge in [-0.2, -0.15) is 0 Å². The summed E-state index contributed by atoms with van der Waals surface area (Å²) in [4.78, 5) is 11.3. The summed E-state index contributed by atoms with van der Waals surface area (Å²) in [5, 5.41) is 3.39. The summed E-state index contributed by atoms with van der Waals surface area (Å²) in [6.45, 7) is 2.30. The second-order valence-corrected chi connectivity index (χ2v) is 4.48. The van der Waals surface area contributed by atoms with Crippen LogP contribution in [0.25, 0.3) is 0 Å². The molecule has 3 rings (SSSR count). The number of benzene rings is 1. The molecule has 1 aromatic carbocycles. The van der Waals surface area contributed by atoms with E-state index in [1.807, 2.05) is 0 Å². The molecule has 1 N–H and O–H groups in total. The lowest BCUT2D eigenvalue weighted by atomic mass is 9.96. The van der Waals surface area contributed by atoms with Gasteiger partial charge in [-0.1, -0.05) is 6.07 Å². The molecule has 2 aliphatic heterocycles. The van der Waals surface area contributed by atoms with Crippen LogP contribution >= 0.6 is 12.4 Å². The smallest absolute Gasteiger partial charge is 0.174 e. The zero-order valence-electron chi connectivity index (χ0n) is 9.62. The minimum atomic E-state index is 0. The Bertz CT molecular complexity index is 445. The summed E-state index contributed by atoms with van der Waals surface area (Å²) >= 11 is 0. The highest BCUT2D eigenvalue weighted by molar-refractivity contribution is 5.85. The minimum absolute atomic E-state index is 0. The fourth-order valence-electron chi connectivity index (χ4n) is 2.45. The van der Waals surface area contributed by atoms with Gasteiger partial charge < -0.3 is 10.1 Å². The van der Waals surface area contributed by atoms with E-state index >= 15 is 0 Å². The monoisotopic (exact) mass is 253 g/mol. The van der Waals surface area contributed by atoms with Gasteiger partial charge in [0.05, 0.1) is 0 Å². The second kappa shape index (κ2) is 5.07. The van der Waals surface area contributed by atoms with Gasteiger partial charge in [-0.15, -0.1) is 12.4 Å². The average molecular weight is 254 g/mol. The van der Waals surface area contributed by atoms with E-state index < -0.39 is 0 Å². The predicted molar refractivity (Wildman–Crippen MR) is 68.2 cm³/mol. The molecule has 0 radical (unpaired) electrons. The third kappa shape index (κ3) is 2.45. The van der Waals surface area contributed by atoms with Crippen LogP contribution in [0.15, 0.2) is 12.1 Å². The van der Waals surface area contributed by atoms with Gasteiger partial charge >= 0.3 is 0 Å². The quantitative estimate of drug-likeness (QED) is 0.758. The van der Waals surface area contributed by atoms with Crippen molar-refractivity contribution in [1.82, 2.24) is 5.32 Å². The molecular formula is C13H16ClNO2. The first-order valence-electron chi connectivity index (χ1n) is 5.83. The summed E-state index contributed by atoms with van der Waals surface area (Å²) in [7, 11) is 0. The Morgan fingerprint density at radius 2 is 1.76 bits per heavy atom. The maximum atomic E-state index is 11.3. The second-order valence-electron chi connectivity index (χ2n) is 4.48. The number of halogens is 1. The van der Waals surface area contributed by atoms with Crippen molar-refractivity contribution in [2.24, 2.45) is 0 Å². The number of ketones is 1. The average Bonchev–Trinajstić information content (AvgIpc) is 2.50. The van der Waals surface area contributed by atoms with Gasteiger partial charge in [-0.25, -0.2) is 0 Å². The van der Waals surface area contributed by atoms with Crippen molar-refractivity contribution in [3.8, 4) is 5.75 Å². The molecule has 4 heteroatoms. The van der Waals surface area contributed by atoms with Crippen molar-refractivity contribution >= 4 is 18.2 Å². The Morgan fingerprint density at radius 3 is 2.53 bits per heavy atom. The normalized spacial score (nSPS) is 18.2. The van der Waals surface area contributed by atoms with Gasteiger partial charge in [0.1, 0.15) is 12.4 Å². The maximum absolute atomic E-state index is 11.3. The molecule has 0 atom stereocenters. The van der Waals surface area contributed by atoms with Crippen LogP contribution in [0.2, 0.25) is 0 Å². The first-order chi connectivity index (χ1) is 7.83. The summed E-state index contributed by atoms with van der Waals surface area (Å²) < 4.78 is 5.47. The number of rotatable bonds is 0. The number of Topliss-reactive ketones (excluding diaryl/α,β-unsaturated/α-hetero) is 1. The van der Waals surface area contributed by atoms with Gasteiger partial charge in [-0.3, -0.25) is 4.79 Å². The van der Waals surface area contributed by atoms with Crippen molar-refractivity contribution in [3.05, 3.63) is 28.8 Å².